The van der Waals surface area contributed by atoms with Crippen LogP contribution in [-0.2, 0) is 11.3 Å². The number of hydrogen-bond acceptors (Lipinski definition) is 2. The molecular formula is C11H14BrNO. The Kier molecular flexibility index (Phi) is 3.21. The Hall–Kier alpha value is -0.380. The zero-order valence-corrected chi connectivity index (χ0v) is 9.83. The van der Waals surface area contributed by atoms with Crippen LogP contribution in [0.4, 0.5) is 0 Å². The standard InChI is InChI=1S/C11H14BrNO/c1-13-6-11(7-13)14-8-9-3-2-4-10(12)5-9/h2-5,11H,6-8H2,1H3. The summed E-state index contributed by atoms with van der Waals surface area (Å²) in [5.74, 6) is 0. The van der Waals surface area contributed by atoms with Crippen LogP contribution < -0.4 is 0 Å². The van der Waals surface area contributed by atoms with Crippen molar-refractivity contribution in [3.05, 3.63) is 34.3 Å². The van der Waals surface area contributed by atoms with Crippen molar-refractivity contribution in [2.45, 2.75) is 12.7 Å². The summed E-state index contributed by atoms with van der Waals surface area (Å²) in [7, 11) is 2.11. The van der Waals surface area contributed by atoms with Gasteiger partial charge in [0, 0.05) is 17.6 Å². The molecule has 0 atom stereocenters. The average Bonchev–Trinajstić information content (AvgIpc) is 2.11. The third-order valence-electron chi connectivity index (χ3n) is 2.41. The second-order valence-electron chi connectivity index (χ2n) is 3.78. The summed E-state index contributed by atoms with van der Waals surface area (Å²) in [5.41, 5.74) is 1.23. The van der Waals surface area contributed by atoms with Crippen LogP contribution in [0.1, 0.15) is 5.56 Å². The molecule has 0 bridgehead atoms. The summed E-state index contributed by atoms with van der Waals surface area (Å²) in [4.78, 5) is 2.26. The lowest BCUT2D eigenvalue weighted by Gasteiger charge is -2.35. The van der Waals surface area contributed by atoms with Gasteiger partial charge in [0.1, 0.15) is 0 Å². The molecule has 1 aromatic carbocycles. The molecule has 0 spiro atoms. The van der Waals surface area contributed by atoms with Crippen molar-refractivity contribution in [1.82, 2.24) is 4.90 Å². The van der Waals surface area contributed by atoms with Gasteiger partial charge in [0.15, 0.2) is 0 Å². The monoisotopic (exact) mass is 255 g/mol. The van der Waals surface area contributed by atoms with Crippen molar-refractivity contribution in [3.63, 3.8) is 0 Å². The largest absolute Gasteiger partial charge is 0.371 e. The van der Waals surface area contributed by atoms with Crippen LogP contribution in [0, 0.1) is 0 Å². The molecule has 1 aliphatic heterocycles. The first kappa shape index (κ1) is 10.1. The van der Waals surface area contributed by atoms with Gasteiger partial charge in [-0.2, -0.15) is 0 Å². The molecule has 1 aromatic rings. The van der Waals surface area contributed by atoms with Crippen LogP contribution in [0.15, 0.2) is 28.7 Å². The summed E-state index contributed by atoms with van der Waals surface area (Å²) in [6, 6.07) is 8.26. The van der Waals surface area contributed by atoms with E-state index in [-0.39, 0.29) is 0 Å². The predicted octanol–water partition coefficient (Wildman–Crippen LogP) is 2.28. The van der Waals surface area contributed by atoms with Crippen molar-refractivity contribution in [3.8, 4) is 0 Å². The minimum absolute atomic E-state index is 0.430. The fraction of sp³-hybridized carbons (Fsp3) is 0.455. The van der Waals surface area contributed by atoms with E-state index < -0.39 is 0 Å². The highest BCUT2D eigenvalue weighted by molar-refractivity contribution is 9.10. The Bertz CT molecular complexity index is 310. The average molecular weight is 256 g/mol. The van der Waals surface area contributed by atoms with E-state index in [9.17, 15) is 0 Å². The molecule has 1 aliphatic rings. The molecule has 0 unspecified atom stereocenters. The second-order valence-corrected chi connectivity index (χ2v) is 4.70. The quantitative estimate of drug-likeness (QED) is 0.822. The molecule has 1 fully saturated rings. The number of halogens is 1. The van der Waals surface area contributed by atoms with Crippen LogP contribution in [0.3, 0.4) is 0 Å². The Balaban J connectivity index is 1.80. The molecule has 0 radical (unpaired) electrons. The van der Waals surface area contributed by atoms with Gasteiger partial charge >= 0.3 is 0 Å². The van der Waals surface area contributed by atoms with Crippen LogP contribution in [0.25, 0.3) is 0 Å². The Morgan fingerprint density at radius 3 is 2.93 bits per heavy atom. The molecule has 2 rings (SSSR count). The normalized spacial score (nSPS) is 18.1. The topological polar surface area (TPSA) is 12.5 Å². The lowest BCUT2D eigenvalue weighted by atomic mass is 10.2. The fourth-order valence-corrected chi connectivity index (χ4v) is 2.03. The van der Waals surface area contributed by atoms with Gasteiger partial charge in [0.05, 0.1) is 12.7 Å². The van der Waals surface area contributed by atoms with Crippen LogP contribution in [0.2, 0.25) is 0 Å². The molecule has 0 aromatic heterocycles. The smallest absolute Gasteiger partial charge is 0.0832 e. The van der Waals surface area contributed by atoms with Crippen LogP contribution in [0.5, 0.6) is 0 Å². The number of ether oxygens (including phenoxy) is 1. The zero-order chi connectivity index (χ0) is 9.97. The maximum Gasteiger partial charge on any atom is 0.0832 e. The summed E-state index contributed by atoms with van der Waals surface area (Å²) in [6.45, 7) is 2.85. The third-order valence-corrected chi connectivity index (χ3v) is 2.90. The minimum Gasteiger partial charge on any atom is -0.371 e. The molecule has 1 heterocycles. The molecule has 0 amide bonds. The van der Waals surface area contributed by atoms with E-state index in [1.165, 1.54) is 5.56 Å². The Morgan fingerprint density at radius 1 is 1.50 bits per heavy atom. The molecule has 0 saturated carbocycles. The fourth-order valence-electron chi connectivity index (χ4n) is 1.59. The zero-order valence-electron chi connectivity index (χ0n) is 8.24. The van der Waals surface area contributed by atoms with Crippen molar-refractivity contribution in [1.29, 1.82) is 0 Å². The summed E-state index contributed by atoms with van der Waals surface area (Å²) >= 11 is 3.45. The first-order valence-electron chi connectivity index (χ1n) is 4.78. The van der Waals surface area contributed by atoms with Crippen LogP contribution in [-0.4, -0.2) is 31.1 Å². The summed E-state index contributed by atoms with van der Waals surface area (Å²) < 4.78 is 6.84. The lowest BCUT2D eigenvalue weighted by Crippen LogP contribution is -2.49. The Labute approximate surface area is 93.0 Å². The molecule has 3 heteroatoms. The van der Waals surface area contributed by atoms with Crippen LogP contribution >= 0.6 is 15.9 Å². The van der Waals surface area contributed by atoms with E-state index >= 15 is 0 Å². The van der Waals surface area contributed by atoms with Crippen molar-refractivity contribution >= 4 is 15.9 Å². The first-order chi connectivity index (χ1) is 6.74. The molecular weight excluding hydrogens is 242 g/mol. The van der Waals surface area contributed by atoms with Gasteiger partial charge in [-0.1, -0.05) is 28.1 Å². The van der Waals surface area contributed by atoms with Gasteiger partial charge in [-0.25, -0.2) is 0 Å². The van der Waals surface area contributed by atoms with E-state index in [1.54, 1.807) is 0 Å². The Morgan fingerprint density at radius 2 is 2.29 bits per heavy atom. The van der Waals surface area contributed by atoms with E-state index in [1.807, 2.05) is 12.1 Å². The summed E-state index contributed by atoms with van der Waals surface area (Å²) in [5, 5.41) is 0. The highest BCUT2D eigenvalue weighted by Crippen LogP contribution is 2.15. The molecule has 76 valence electrons. The second kappa shape index (κ2) is 4.43. The van der Waals surface area contributed by atoms with E-state index in [2.05, 4.69) is 40.0 Å². The maximum absolute atomic E-state index is 5.73. The number of hydrogen-bond donors (Lipinski definition) is 0. The number of likely N-dealkylation sites (tertiary alicyclic amines) is 1. The number of likely N-dealkylation sites (N-methyl/N-ethyl adjacent to an activating group) is 1. The van der Waals surface area contributed by atoms with E-state index in [4.69, 9.17) is 4.74 Å². The predicted molar refractivity (Wildman–Crippen MR) is 60.2 cm³/mol. The lowest BCUT2D eigenvalue weighted by molar-refractivity contribution is -0.0518. The molecule has 0 aliphatic carbocycles. The van der Waals surface area contributed by atoms with Crippen molar-refractivity contribution in [2.24, 2.45) is 0 Å². The van der Waals surface area contributed by atoms with Gasteiger partial charge in [-0.15, -0.1) is 0 Å². The molecule has 14 heavy (non-hydrogen) atoms. The van der Waals surface area contributed by atoms with Gasteiger partial charge in [-0.3, -0.25) is 0 Å². The summed E-state index contributed by atoms with van der Waals surface area (Å²) in [6.07, 6.45) is 0.430. The number of benzene rings is 1. The van der Waals surface area contributed by atoms with E-state index in [0.717, 1.165) is 24.2 Å². The number of nitrogens with zero attached hydrogens (tertiary/aromatic N) is 1. The molecule has 1 saturated heterocycles. The van der Waals surface area contributed by atoms with E-state index in [0.29, 0.717) is 6.10 Å². The van der Waals surface area contributed by atoms with Gasteiger partial charge in [-0.05, 0) is 24.7 Å². The highest BCUT2D eigenvalue weighted by Gasteiger charge is 2.23. The highest BCUT2D eigenvalue weighted by atomic mass is 79.9. The van der Waals surface area contributed by atoms with Gasteiger partial charge in [0.2, 0.25) is 0 Å². The van der Waals surface area contributed by atoms with Crippen molar-refractivity contribution < 1.29 is 4.74 Å². The SMILES string of the molecule is CN1CC(OCc2cccc(Br)c2)C1. The maximum atomic E-state index is 5.73. The van der Waals surface area contributed by atoms with Gasteiger partial charge in [0.25, 0.3) is 0 Å². The van der Waals surface area contributed by atoms with Gasteiger partial charge < -0.3 is 9.64 Å². The van der Waals surface area contributed by atoms with Crippen molar-refractivity contribution in [2.75, 3.05) is 20.1 Å². The molecule has 2 nitrogen and oxygen atoms in total. The molecule has 0 N–H and O–H groups in total. The minimum atomic E-state index is 0.430. The first-order valence-corrected chi connectivity index (χ1v) is 5.58. The number of rotatable bonds is 3. The third kappa shape index (κ3) is 2.56.